The van der Waals surface area contributed by atoms with Gasteiger partial charge in [0.15, 0.2) is 0 Å². The molecule has 0 aliphatic carbocycles. The molecule has 0 N–H and O–H groups in total. The lowest BCUT2D eigenvalue weighted by Gasteiger charge is -2.10. The number of halogens is 2. The molecule has 0 amide bonds. The largest absolute Gasteiger partial charge is 0.0843 e. The Morgan fingerprint density at radius 2 is 0.909 bits per heavy atom. The maximum absolute atomic E-state index is 6.12. The predicted molar refractivity (Wildman–Crippen MR) is 96.8 cm³/mol. The Morgan fingerprint density at radius 3 is 1.27 bits per heavy atom. The third-order valence-corrected chi connectivity index (χ3v) is 4.38. The highest BCUT2D eigenvalue weighted by atomic mass is 35.5. The molecular formula is C20H16Cl2. The SMILES string of the molecule is Cc1ccc(Cl)cc1-c1ccc(-c2cc(Cl)ccc2C)cc1. The Balaban J connectivity index is 2.03. The van der Waals surface area contributed by atoms with Crippen LogP contribution in [0.3, 0.4) is 0 Å². The minimum absolute atomic E-state index is 0.760. The van der Waals surface area contributed by atoms with Crippen molar-refractivity contribution in [2.24, 2.45) is 0 Å². The molecule has 0 saturated carbocycles. The molecule has 0 aromatic heterocycles. The van der Waals surface area contributed by atoms with E-state index in [-0.39, 0.29) is 0 Å². The van der Waals surface area contributed by atoms with Crippen LogP contribution >= 0.6 is 23.2 Å². The van der Waals surface area contributed by atoms with Crippen LogP contribution in [-0.4, -0.2) is 0 Å². The van der Waals surface area contributed by atoms with Gasteiger partial charge in [0.1, 0.15) is 0 Å². The van der Waals surface area contributed by atoms with Gasteiger partial charge >= 0.3 is 0 Å². The summed E-state index contributed by atoms with van der Waals surface area (Å²) < 4.78 is 0. The van der Waals surface area contributed by atoms with Gasteiger partial charge in [0.25, 0.3) is 0 Å². The highest BCUT2D eigenvalue weighted by molar-refractivity contribution is 6.31. The molecule has 0 atom stereocenters. The van der Waals surface area contributed by atoms with Crippen molar-refractivity contribution in [1.82, 2.24) is 0 Å². The molecule has 0 spiro atoms. The molecule has 110 valence electrons. The first kappa shape index (κ1) is 15.1. The Hall–Kier alpha value is -1.76. The molecule has 2 heteroatoms. The van der Waals surface area contributed by atoms with E-state index in [1.807, 2.05) is 36.4 Å². The van der Waals surface area contributed by atoms with Crippen molar-refractivity contribution in [3.8, 4) is 22.3 Å². The minimum Gasteiger partial charge on any atom is -0.0843 e. The number of rotatable bonds is 2. The summed E-state index contributed by atoms with van der Waals surface area (Å²) >= 11 is 12.2. The van der Waals surface area contributed by atoms with Crippen molar-refractivity contribution in [1.29, 1.82) is 0 Å². The van der Waals surface area contributed by atoms with Crippen LogP contribution in [0.2, 0.25) is 10.0 Å². The Labute approximate surface area is 141 Å². The van der Waals surface area contributed by atoms with Crippen molar-refractivity contribution < 1.29 is 0 Å². The van der Waals surface area contributed by atoms with Gasteiger partial charge in [-0.2, -0.15) is 0 Å². The maximum atomic E-state index is 6.12. The molecule has 3 aromatic carbocycles. The topological polar surface area (TPSA) is 0 Å². The molecule has 0 unspecified atom stereocenters. The summed E-state index contributed by atoms with van der Waals surface area (Å²) in [4.78, 5) is 0. The van der Waals surface area contributed by atoms with Crippen LogP contribution in [0.15, 0.2) is 60.7 Å². The van der Waals surface area contributed by atoms with Crippen LogP contribution in [0, 0.1) is 13.8 Å². The Morgan fingerprint density at radius 1 is 0.545 bits per heavy atom. The third-order valence-electron chi connectivity index (χ3n) is 3.91. The Bertz CT molecular complexity index is 747. The zero-order valence-electron chi connectivity index (χ0n) is 12.5. The van der Waals surface area contributed by atoms with Gasteiger partial charge in [-0.25, -0.2) is 0 Å². The van der Waals surface area contributed by atoms with Crippen LogP contribution in [0.1, 0.15) is 11.1 Å². The monoisotopic (exact) mass is 326 g/mol. The van der Waals surface area contributed by atoms with Gasteiger partial charge in [0.05, 0.1) is 0 Å². The number of benzene rings is 3. The van der Waals surface area contributed by atoms with Crippen molar-refractivity contribution in [3.05, 3.63) is 81.8 Å². The smallest absolute Gasteiger partial charge is 0.0412 e. The minimum atomic E-state index is 0.760. The highest BCUT2D eigenvalue weighted by Gasteiger charge is 2.06. The fourth-order valence-electron chi connectivity index (χ4n) is 2.64. The van der Waals surface area contributed by atoms with E-state index < -0.39 is 0 Å². The molecule has 0 bridgehead atoms. The summed E-state index contributed by atoms with van der Waals surface area (Å²) in [6.45, 7) is 4.20. The van der Waals surface area contributed by atoms with Crippen LogP contribution in [0.5, 0.6) is 0 Å². The lowest BCUT2D eigenvalue weighted by atomic mass is 9.96. The summed E-state index contributed by atoms with van der Waals surface area (Å²) in [6.07, 6.45) is 0. The van der Waals surface area contributed by atoms with Gasteiger partial charge in [-0.3, -0.25) is 0 Å². The zero-order valence-corrected chi connectivity index (χ0v) is 14.0. The number of hydrogen-bond acceptors (Lipinski definition) is 0. The highest BCUT2D eigenvalue weighted by Crippen LogP contribution is 2.31. The van der Waals surface area contributed by atoms with Crippen molar-refractivity contribution in [2.75, 3.05) is 0 Å². The van der Waals surface area contributed by atoms with E-state index in [9.17, 15) is 0 Å². The first-order valence-electron chi connectivity index (χ1n) is 7.18. The molecule has 0 nitrogen and oxygen atoms in total. The molecule has 22 heavy (non-hydrogen) atoms. The summed E-state index contributed by atoms with van der Waals surface area (Å²) in [5.74, 6) is 0. The fraction of sp³-hybridized carbons (Fsp3) is 0.100. The van der Waals surface area contributed by atoms with Crippen molar-refractivity contribution >= 4 is 23.2 Å². The second kappa shape index (κ2) is 6.16. The van der Waals surface area contributed by atoms with Crippen LogP contribution in [-0.2, 0) is 0 Å². The van der Waals surface area contributed by atoms with Gasteiger partial charge in [-0.05, 0) is 71.5 Å². The van der Waals surface area contributed by atoms with Gasteiger partial charge in [0, 0.05) is 10.0 Å². The standard InChI is InChI=1S/C20H16Cl2/c1-13-3-9-17(21)11-19(13)15-5-7-16(8-6-15)20-12-18(22)10-4-14(20)2/h3-12H,1-2H3. The summed E-state index contributed by atoms with van der Waals surface area (Å²) in [6, 6.07) is 20.5. The molecule has 0 fully saturated rings. The van der Waals surface area contributed by atoms with Crippen molar-refractivity contribution in [3.63, 3.8) is 0 Å². The fourth-order valence-corrected chi connectivity index (χ4v) is 2.98. The second-order valence-electron chi connectivity index (χ2n) is 5.50. The molecular weight excluding hydrogens is 311 g/mol. The van der Waals surface area contributed by atoms with Gasteiger partial charge in [-0.1, -0.05) is 59.6 Å². The molecule has 0 heterocycles. The lowest BCUT2D eigenvalue weighted by molar-refractivity contribution is 1.44. The third kappa shape index (κ3) is 3.04. The normalized spacial score (nSPS) is 10.7. The maximum Gasteiger partial charge on any atom is 0.0412 e. The first-order valence-corrected chi connectivity index (χ1v) is 7.93. The quantitative estimate of drug-likeness (QED) is 0.478. The number of hydrogen-bond donors (Lipinski definition) is 0. The predicted octanol–water partition coefficient (Wildman–Crippen LogP) is 6.94. The average Bonchev–Trinajstić information content (AvgIpc) is 2.52. The van der Waals surface area contributed by atoms with E-state index in [0.717, 1.165) is 10.0 Å². The van der Waals surface area contributed by atoms with E-state index in [1.54, 1.807) is 0 Å². The molecule has 0 aliphatic heterocycles. The average molecular weight is 327 g/mol. The summed E-state index contributed by atoms with van der Waals surface area (Å²) in [5.41, 5.74) is 7.11. The zero-order chi connectivity index (χ0) is 15.7. The number of aryl methyl sites for hydroxylation is 2. The molecule has 3 aromatic rings. The first-order chi connectivity index (χ1) is 10.5. The van der Waals surface area contributed by atoms with Gasteiger partial charge in [-0.15, -0.1) is 0 Å². The molecule has 0 aliphatic rings. The lowest BCUT2D eigenvalue weighted by Crippen LogP contribution is -1.86. The summed E-state index contributed by atoms with van der Waals surface area (Å²) in [7, 11) is 0. The van der Waals surface area contributed by atoms with E-state index >= 15 is 0 Å². The van der Waals surface area contributed by atoms with Gasteiger partial charge < -0.3 is 0 Å². The summed E-state index contributed by atoms with van der Waals surface area (Å²) in [5, 5.41) is 1.52. The van der Waals surface area contributed by atoms with E-state index in [2.05, 4.69) is 38.1 Å². The van der Waals surface area contributed by atoms with Crippen LogP contribution < -0.4 is 0 Å². The molecule has 3 rings (SSSR count). The van der Waals surface area contributed by atoms with E-state index in [1.165, 1.54) is 33.4 Å². The molecule has 0 radical (unpaired) electrons. The van der Waals surface area contributed by atoms with Crippen LogP contribution in [0.25, 0.3) is 22.3 Å². The second-order valence-corrected chi connectivity index (χ2v) is 6.37. The van der Waals surface area contributed by atoms with Gasteiger partial charge in [0.2, 0.25) is 0 Å². The van der Waals surface area contributed by atoms with Crippen molar-refractivity contribution in [2.45, 2.75) is 13.8 Å². The van der Waals surface area contributed by atoms with Crippen LogP contribution in [0.4, 0.5) is 0 Å². The Kier molecular flexibility index (Phi) is 4.24. The van der Waals surface area contributed by atoms with E-state index in [4.69, 9.17) is 23.2 Å². The van der Waals surface area contributed by atoms with E-state index in [0.29, 0.717) is 0 Å². The molecule has 0 saturated heterocycles.